The molecule has 6 nitrogen and oxygen atoms in total. The molecule has 1 saturated heterocycles. The molecule has 4 rings (SSSR count). The van der Waals surface area contributed by atoms with Crippen LogP contribution >= 0.6 is 0 Å². The van der Waals surface area contributed by atoms with Crippen molar-refractivity contribution >= 4 is 5.97 Å². The zero-order valence-corrected chi connectivity index (χ0v) is 26.4. The largest absolute Gasteiger partial charge is 0.494 e. The molecule has 1 aliphatic heterocycles. The van der Waals surface area contributed by atoms with Gasteiger partial charge in [0.25, 0.3) is 0 Å². The summed E-state index contributed by atoms with van der Waals surface area (Å²) in [4.78, 5) is 12.8. The van der Waals surface area contributed by atoms with Gasteiger partial charge in [-0.25, -0.2) is 4.79 Å². The Morgan fingerprint density at radius 2 is 1.05 bits per heavy atom. The summed E-state index contributed by atoms with van der Waals surface area (Å²) in [7, 11) is 0. The Balaban J connectivity index is 1.33. The third-order valence-corrected chi connectivity index (χ3v) is 8.78. The number of hydrogen-bond acceptors (Lipinski definition) is 5. The molecular weight excluding hydrogens is 538 g/mol. The zero-order valence-electron chi connectivity index (χ0n) is 26.4. The molecule has 0 bridgehead atoms. The van der Waals surface area contributed by atoms with Gasteiger partial charge in [0.05, 0.1) is 29.9 Å². The Morgan fingerprint density at radius 1 is 0.628 bits per heavy atom. The smallest absolute Gasteiger partial charge is 0.343 e. The van der Waals surface area contributed by atoms with Crippen molar-refractivity contribution in [2.45, 2.75) is 103 Å². The van der Waals surface area contributed by atoms with Crippen LogP contribution in [-0.2, 0) is 16.3 Å². The number of benzene rings is 3. The van der Waals surface area contributed by atoms with E-state index in [4.69, 9.17) is 14.2 Å². The second kappa shape index (κ2) is 15.4. The molecule has 0 spiro atoms. The summed E-state index contributed by atoms with van der Waals surface area (Å²) in [5.41, 5.74) is 0.940. The fourth-order valence-electron chi connectivity index (χ4n) is 5.84. The minimum atomic E-state index is -0.710. The lowest BCUT2D eigenvalue weighted by atomic mass is 9.89. The van der Waals surface area contributed by atoms with Crippen LogP contribution < -0.4 is 14.2 Å². The number of rotatable bonds is 16. The van der Waals surface area contributed by atoms with Crippen molar-refractivity contribution in [3.63, 3.8) is 0 Å². The van der Waals surface area contributed by atoms with Crippen molar-refractivity contribution in [2.24, 2.45) is 0 Å². The van der Waals surface area contributed by atoms with Crippen molar-refractivity contribution in [2.75, 3.05) is 13.2 Å². The van der Waals surface area contributed by atoms with Gasteiger partial charge < -0.3 is 14.2 Å². The predicted molar refractivity (Wildman–Crippen MR) is 170 cm³/mol. The van der Waals surface area contributed by atoms with Crippen LogP contribution in [0.1, 0.15) is 113 Å². The molecular formula is C37H48NO5. The number of carbonyl (C=O) groups is 1. The molecule has 1 heterocycles. The lowest BCUT2D eigenvalue weighted by Gasteiger charge is -2.37. The summed E-state index contributed by atoms with van der Waals surface area (Å²) < 4.78 is 17.3. The van der Waals surface area contributed by atoms with E-state index in [1.807, 2.05) is 62.4 Å². The maximum atomic E-state index is 13.9. The van der Waals surface area contributed by atoms with E-state index >= 15 is 0 Å². The van der Waals surface area contributed by atoms with Crippen molar-refractivity contribution in [3.05, 3.63) is 89.5 Å². The van der Waals surface area contributed by atoms with Gasteiger partial charge in [-0.15, -0.1) is 10.3 Å². The SMILES string of the molecule is CCCCCCOc1ccc(OC(=O)c2ccc([C@@]3(C)CC[C@](C)(c4ccc(OCCCCCC)cc4)N3[O])cc2)cc1. The monoisotopic (exact) mass is 586 g/mol. The highest BCUT2D eigenvalue weighted by Gasteiger charge is 2.52. The second-order valence-electron chi connectivity index (χ2n) is 12.1. The lowest BCUT2D eigenvalue weighted by molar-refractivity contribution is -0.260. The Hall–Kier alpha value is -3.35. The van der Waals surface area contributed by atoms with Crippen LogP contribution in [0, 0.1) is 0 Å². The molecule has 231 valence electrons. The third-order valence-electron chi connectivity index (χ3n) is 8.78. The van der Waals surface area contributed by atoms with Gasteiger partial charge in [-0.2, -0.15) is 0 Å². The van der Waals surface area contributed by atoms with Gasteiger partial charge in [0, 0.05) is 0 Å². The van der Waals surface area contributed by atoms with Crippen molar-refractivity contribution in [1.29, 1.82) is 0 Å². The van der Waals surface area contributed by atoms with Gasteiger partial charge in [0.1, 0.15) is 17.2 Å². The van der Waals surface area contributed by atoms with Gasteiger partial charge in [-0.3, -0.25) is 0 Å². The van der Waals surface area contributed by atoms with E-state index in [0.29, 0.717) is 30.9 Å². The van der Waals surface area contributed by atoms with Crippen LogP contribution in [0.15, 0.2) is 72.8 Å². The maximum absolute atomic E-state index is 13.9. The van der Waals surface area contributed by atoms with Gasteiger partial charge in [0.2, 0.25) is 0 Å². The fraction of sp³-hybridized carbons (Fsp3) is 0.486. The van der Waals surface area contributed by atoms with Gasteiger partial charge in [0.15, 0.2) is 0 Å². The first-order valence-corrected chi connectivity index (χ1v) is 16.1. The van der Waals surface area contributed by atoms with E-state index in [2.05, 4.69) is 13.8 Å². The molecule has 2 atom stereocenters. The zero-order chi connectivity index (χ0) is 30.7. The van der Waals surface area contributed by atoms with Crippen molar-refractivity contribution in [3.8, 4) is 17.2 Å². The number of unbranched alkanes of at least 4 members (excludes halogenated alkanes) is 6. The quantitative estimate of drug-likeness (QED) is 0.0950. The summed E-state index contributed by atoms with van der Waals surface area (Å²) in [6.45, 7) is 9.79. The first kappa shape index (κ1) is 32.6. The first-order chi connectivity index (χ1) is 20.8. The van der Waals surface area contributed by atoms with Crippen LogP contribution in [-0.4, -0.2) is 24.2 Å². The van der Waals surface area contributed by atoms with Crippen LogP contribution in [0.2, 0.25) is 0 Å². The normalized spacial score (nSPS) is 20.2. The molecule has 0 aliphatic carbocycles. The molecule has 43 heavy (non-hydrogen) atoms. The molecule has 3 aromatic rings. The molecule has 0 N–H and O–H groups in total. The van der Waals surface area contributed by atoms with Crippen molar-refractivity contribution in [1.82, 2.24) is 5.06 Å². The van der Waals surface area contributed by atoms with Crippen molar-refractivity contribution < 1.29 is 24.2 Å². The van der Waals surface area contributed by atoms with Gasteiger partial charge in [-0.05, 0) is 99.2 Å². The highest BCUT2D eigenvalue weighted by molar-refractivity contribution is 5.91. The topological polar surface area (TPSA) is 67.9 Å². The van der Waals surface area contributed by atoms with E-state index in [1.54, 1.807) is 24.3 Å². The van der Waals surface area contributed by atoms with Crippen LogP contribution in [0.3, 0.4) is 0 Å². The second-order valence-corrected chi connectivity index (χ2v) is 12.1. The molecule has 0 saturated carbocycles. The molecule has 6 heteroatoms. The van der Waals surface area contributed by atoms with Crippen LogP contribution in [0.5, 0.6) is 17.2 Å². The molecule has 0 amide bonds. The van der Waals surface area contributed by atoms with E-state index in [1.165, 1.54) is 43.6 Å². The average molecular weight is 587 g/mol. The third kappa shape index (κ3) is 8.18. The number of hydroxylamine groups is 2. The number of hydrogen-bond donors (Lipinski definition) is 0. The summed E-state index contributed by atoms with van der Waals surface area (Å²) in [6, 6.07) is 22.3. The Labute approximate surface area is 257 Å². The molecule has 0 aromatic heterocycles. The number of esters is 1. The molecule has 3 aromatic carbocycles. The Kier molecular flexibility index (Phi) is 11.7. The highest BCUT2D eigenvalue weighted by Crippen LogP contribution is 2.51. The van der Waals surface area contributed by atoms with Gasteiger partial charge >= 0.3 is 5.97 Å². The molecule has 0 unspecified atom stereocenters. The minimum absolute atomic E-state index is 0.437. The number of nitrogens with zero attached hydrogens (tertiary/aromatic N) is 1. The number of ether oxygens (including phenoxy) is 3. The van der Waals surface area contributed by atoms with E-state index in [9.17, 15) is 10.0 Å². The van der Waals surface area contributed by atoms with Gasteiger partial charge in [-0.1, -0.05) is 76.6 Å². The highest BCUT2D eigenvalue weighted by atomic mass is 16.5. The van der Waals surface area contributed by atoms with E-state index in [-0.39, 0.29) is 0 Å². The molecule has 1 aliphatic rings. The van der Waals surface area contributed by atoms with Crippen LogP contribution in [0.4, 0.5) is 0 Å². The summed E-state index contributed by atoms with van der Waals surface area (Å²) in [6.07, 6.45) is 10.7. The molecule has 1 fully saturated rings. The summed E-state index contributed by atoms with van der Waals surface area (Å²) in [5, 5.41) is 15.1. The Morgan fingerprint density at radius 3 is 1.51 bits per heavy atom. The molecule has 1 radical (unpaired) electrons. The summed E-state index contributed by atoms with van der Waals surface area (Å²) in [5.74, 6) is 1.63. The Bertz CT molecular complexity index is 1270. The standard InChI is InChI=1S/C37H48NO5/c1-5-7-9-11-27-41-32-19-17-31(18-20-32)37(4)26-25-36(3,38(37)40)30-15-13-29(14-16-30)35(39)43-34-23-21-33(22-24-34)42-28-12-10-8-6-2/h13-24H,5-12,25-28H2,1-4H3/t36-,37-/m1/s1. The summed E-state index contributed by atoms with van der Waals surface area (Å²) >= 11 is 0. The maximum Gasteiger partial charge on any atom is 0.343 e. The predicted octanol–water partition coefficient (Wildman–Crippen LogP) is 9.40. The minimum Gasteiger partial charge on any atom is -0.494 e. The van der Waals surface area contributed by atoms with Crippen LogP contribution in [0.25, 0.3) is 0 Å². The van der Waals surface area contributed by atoms with E-state index < -0.39 is 17.0 Å². The lowest BCUT2D eigenvalue weighted by Crippen LogP contribution is -2.44. The first-order valence-electron chi connectivity index (χ1n) is 16.1. The number of carbonyl (C=O) groups excluding carboxylic acids is 1. The fourth-order valence-corrected chi connectivity index (χ4v) is 5.84. The average Bonchev–Trinajstić information content (AvgIpc) is 3.28. The van der Waals surface area contributed by atoms with E-state index in [0.717, 1.165) is 41.9 Å².